The van der Waals surface area contributed by atoms with Crippen LogP contribution in [0.4, 0.5) is 4.39 Å². The van der Waals surface area contributed by atoms with Crippen LogP contribution in [-0.2, 0) is 11.3 Å². The molecule has 2 aromatic rings. The molecule has 0 saturated heterocycles. The van der Waals surface area contributed by atoms with Crippen LogP contribution in [0.5, 0.6) is 0 Å². The van der Waals surface area contributed by atoms with Gasteiger partial charge in [0, 0.05) is 31.1 Å². The van der Waals surface area contributed by atoms with Crippen molar-refractivity contribution in [3.63, 3.8) is 0 Å². The quantitative estimate of drug-likeness (QED) is 0.722. The first-order valence-corrected chi connectivity index (χ1v) is 8.60. The van der Waals surface area contributed by atoms with E-state index in [-0.39, 0.29) is 11.7 Å². The van der Waals surface area contributed by atoms with Gasteiger partial charge < -0.3 is 9.80 Å². The van der Waals surface area contributed by atoms with Crippen molar-refractivity contribution in [2.45, 2.75) is 13.5 Å². The summed E-state index contributed by atoms with van der Waals surface area (Å²) in [6.45, 7) is 3.62. The van der Waals surface area contributed by atoms with Crippen molar-refractivity contribution in [3.8, 4) is 0 Å². The molecular formula is C18H22FN3OS. The van der Waals surface area contributed by atoms with Gasteiger partial charge in [-0.25, -0.2) is 9.37 Å². The predicted molar refractivity (Wildman–Crippen MR) is 96.3 cm³/mol. The molecule has 0 saturated carbocycles. The Labute approximate surface area is 146 Å². The van der Waals surface area contributed by atoms with Gasteiger partial charge in [-0.2, -0.15) is 0 Å². The summed E-state index contributed by atoms with van der Waals surface area (Å²) in [4.78, 5) is 20.6. The maximum absolute atomic E-state index is 13.4. The minimum atomic E-state index is -0.291. The third-order valence-corrected chi connectivity index (χ3v) is 4.22. The van der Waals surface area contributed by atoms with Gasteiger partial charge in [-0.3, -0.25) is 4.79 Å². The van der Waals surface area contributed by atoms with Crippen molar-refractivity contribution in [2.75, 3.05) is 27.2 Å². The van der Waals surface area contributed by atoms with E-state index in [0.29, 0.717) is 13.1 Å². The van der Waals surface area contributed by atoms with Gasteiger partial charge >= 0.3 is 0 Å². The largest absolute Gasteiger partial charge is 0.334 e. The molecule has 0 aliphatic heterocycles. The van der Waals surface area contributed by atoms with E-state index in [1.807, 2.05) is 37.4 Å². The Morgan fingerprint density at radius 3 is 2.75 bits per heavy atom. The van der Waals surface area contributed by atoms with E-state index in [2.05, 4.69) is 4.98 Å². The Hall–Kier alpha value is -2.05. The topological polar surface area (TPSA) is 36.4 Å². The lowest BCUT2D eigenvalue weighted by Crippen LogP contribution is -2.35. The first kappa shape index (κ1) is 18.3. The molecular weight excluding hydrogens is 325 g/mol. The minimum Gasteiger partial charge on any atom is -0.334 e. The monoisotopic (exact) mass is 347 g/mol. The number of aromatic nitrogens is 1. The van der Waals surface area contributed by atoms with Crippen LogP contribution in [0.15, 0.2) is 35.7 Å². The minimum absolute atomic E-state index is 0.105. The second kappa shape index (κ2) is 8.70. The lowest BCUT2D eigenvalue weighted by atomic mass is 10.2. The summed E-state index contributed by atoms with van der Waals surface area (Å²) in [6.07, 6.45) is 3.25. The van der Waals surface area contributed by atoms with Crippen LogP contribution in [0, 0.1) is 12.7 Å². The molecule has 1 aromatic heterocycles. The first-order chi connectivity index (χ1) is 11.4. The zero-order valence-corrected chi connectivity index (χ0v) is 15.0. The van der Waals surface area contributed by atoms with Crippen molar-refractivity contribution in [2.24, 2.45) is 0 Å². The third kappa shape index (κ3) is 5.86. The third-order valence-electron chi connectivity index (χ3n) is 3.42. The fourth-order valence-corrected chi connectivity index (χ4v) is 2.74. The number of rotatable bonds is 7. The fraction of sp³-hybridized carbons (Fsp3) is 0.333. The molecule has 0 bridgehead atoms. The van der Waals surface area contributed by atoms with Crippen LogP contribution in [0.2, 0.25) is 0 Å². The fourth-order valence-electron chi connectivity index (χ4n) is 2.16. The summed E-state index contributed by atoms with van der Waals surface area (Å²) >= 11 is 1.55. The van der Waals surface area contributed by atoms with E-state index in [4.69, 9.17) is 0 Å². The number of nitrogens with zero attached hydrogens (tertiary/aromatic N) is 3. The lowest BCUT2D eigenvalue weighted by molar-refractivity contribution is -0.126. The molecule has 0 aliphatic rings. The van der Waals surface area contributed by atoms with Crippen molar-refractivity contribution in [1.82, 2.24) is 14.8 Å². The van der Waals surface area contributed by atoms with E-state index in [9.17, 15) is 9.18 Å². The second-order valence-electron chi connectivity index (χ2n) is 5.82. The van der Waals surface area contributed by atoms with E-state index < -0.39 is 0 Å². The highest BCUT2D eigenvalue weighted by molar-refractivity contribution is 7.09. The maximum Gasteiger partial charge on any atom is 0.246 e. The summed E-state index contributed by atoms with van der Waals surface area (Å²) in [5.41, 5.74) is 1.56. The molecule has 0 aliphatic carbocycles. The van der Waals surface area contributed by atoms with Crippen molar-refractivity contribution >= 4 is 23.3 Å². The van der Waals surface area contributed by atoms with Gasteiger partial charge in [0.05, 0.1) is 10.7 Å². The summed E-state index contributed by atoms with van der Waals surface area (Å²) in [5, 5.41) is 2.88. The van der Waals surface area contributed by atoms with E-state index in [1.165, 1.54) is 18.2 Å². The van der Waals surface area contributed by atoms with Gasteiger partial charge in [0.15, 0.2) is 0 Å². The average Bonchev–Trinajstić information content (AvgIpc) is 2.94. The van der Waals surface area contributed by atoms with Crippen LogP contribution >= 0.6 is 11.3 Å². The Bertz CT molecular complexity index is 712. The highest BCUT2D eigenvalue weighted by Gasteiger charge is 2.12. The normalized spacial score (nSPS) is 11.4. The van der Waals surface area contributed by atoms with Gasteiger partial charge in [-0.05, 0) is 44.8 Å². The van der Waals surface area contributed by atoms with Crippen LogP contribution < -0.4 is 0 Å². The second-order valence-corrected chi connectivity index (χ2v) is 6.88. The molecule has 6 heteroatoms. The van der Waals surface area contributed by atoms with Gasteiger partial charge in [-0.1, -0.05) is 12.1 Å². The number of aryl methyl sites for hydroxylation is 1. The summed E-state index contributed by atoms with van der Waals surface area (Å²) < 4.78 is 13.4. The van der Waals surface area contributed by atoms with Gasteiger partial charge in [0.25, 0.3) is 0 Å². The predicted octanol–water partition coefficient (Wildman–Crippen LogP) is 3.19. The lowest BCUT2D eigenvalue weighted by Gasteiger charge is -2.23. The Morgan fingerprint density at radius 2 is 2.12 bits per heavy atom. The molecule has 1 amide bonds. The van der Waals surface area contributed by atoms with Crippen molar-refractivity contribution < 1.29 is 9.18 Å². The number of carbonyl (C=O) groups is 1. The molecule has 1 heterocycles. The summed E-state index contributed by atoms with van der Waals surface area (Å²) in [7, 11) is 3.91. The molecule has 4 nitrogen and oxygen atoms in total. The van der Waals surface area contributed by atoms with Gasteiger partial charge in [0.2, 0.25) is 5.91 Å². The molecule has 0 radical (unpaired) electrons. The van der Waals surface area contributed by atoms with E-state index in [0.717, 1.165) is 22.8 Å². The molecule has 0 unspecified atom stereocenters. The number of benzene rings is 1. The molecule has 1 aromatic carbocycles. The zero-order chi connectivity index (χ0) is 17.5. The number of hydrogen-bond donors (Lipinski definition) is 0. The first-order valence-electron chi connectivity index (χ1n) is 7.72. The summed E-state index contributed by atoms with van der Waals surface area (Å²) in [6, 6.07) is 6.35. The molecule has 24 heavy (non-hydrogen) atoms. The van der Waals surface area contributed by atoms with Gasteiger partial charge in [0.1, 0.15) is 5.82 Å². The molecule has 0 fully saturated rings. The number of amides is 1. The number of carbonyl (C=O) groups excluding carboxylic acids is 1. The SMILES string of the molecule is Cc1nc(C=CC(=O)N(CCN(C)C)Cc2cccc(F)c2)cs1. The Balaban J connectivity index is 2.08. The molecule has 128 valence electrons. The number of hydrogen-bond acceptors (Lipinski definition) is 4. The zero-order valence-electron chi connectivity index (χ0n) is 14.2. The number of halogens is 1. The van der Waals surface area contributed by atoms with Crippen LogP contribution in [0.25, 0.3) is 6.08 Å². The van der Waals surface area contributed by atoms with E-state index >= 15 is 0 Å². The molecule has 0 atom stereocenters. The van der Waals surface area contributed by atoms with Crippen LogP contribution in [-0.4, -0.2) is 47.9 Å². The Kier molecular flexibility index (Phi) is 6.63. The molecule has 0 N–H and O–H groups in total. The smallest absolute Gasteiger partial charge is 0.246 e. The number of thiazole rings is 1. The van der Waals surface area contributed by atoms with E-state index in [1.54, 1.807) is 28.4 Å². The van der Waals surface area contributed by atoms with Crippen LogP contribution in [0.3, 0.4) is 0 Å². The standard InChI is InChI=1S/C18H22FN3OS/c1-14-20-17(13-24-14)7-8-18(23)22(10-9-21(2)3)12-15-5-4-6-16(19)11-15/h4-8,11,13H,9-10,12H2,1-3H3. The Morgan fingerprint density at radius 1 is 1.33 bits per heavy atom. The maximum atomic E-state index is 13.4. The molecule has 0 spiro atoms. The highest BCUT2D eigenvalue weighted by atomic mass is 32.1. The van der Waals surface area contributed by atoms with Crippen molar-refractivity contribution in [1.29, 1.82) is 0 Å². The molecule has 2 rings (SSSR count). The number of likely N-dealkylation sites (N-methyl/N-ethyl adjacent to an activating group) is 1. The van der Waals surface area contributed by atoms with Crippen molar-refractivity contribution in [3.05, 3.63) is 57.8 Å². The average molecular weight is 347 g/mol. The summed E-state index contributed by atoms with van der Waals surface area (Å²) in [5.74, 6) is -0.396. The highest BCUT2D eigenvalue weighted by Crippen LogP contribution is 2.11. The van der Waals surface area contributed by atoms with Crippen LogP contribution in [0.1, 0.15) is 16.3 Å². The van der Waals surface area contributed by atoms with Gasteiger partial charge in [-0.15, -0.1) is 11.3 Å².